The van der Waals surface area contributed by atoms with Gasteiger partial charge in [0.25, 0.3) is 5.91 Å². The van der Waals surface area contributed by atoms with Gasteiger partial charge in [0, 0.05) is 5.75 Å². The molecule has 1 aromatic rings. The van der Waals surface area contributed by atoms with Crippen molar-refractivity contribution >= 4 is 29.5 Å². The summed E-state index contributed by atoms with van der Waals surface area (Å²) in [7, 11) is 0. The minimum Gasteiger partial charge on any atom is -0.508 e. The van der Waals surface area contributed by atoms with E-state index >= 15 is 0 Å². The van der Waals surface area contributed by atoms with Gasteiger partial charge in [0.05, 0.1) is 6.42 Å². The van der Waals surface area contributed by atoms with E-state index in [0.717, 1.165) is 0 Å². The van der Waals surface area contributed by atoms with Crippen LogP contribution in [0.5, 0.6) is 5.75 Å². The summed E-state index contributed by atoms with van der Waals surface area (Å²) in [5.41, 5.74) is 1.38. The summed E-state index contributed by atoms with van der Waals surface area (Å²) in [6, 6.07) is 5.54. The second-order valence-corrected chi connectivity index (χ2v) is 6.84. The molecule has 1 fully saturated rings. The molecule has 5 N–H and O–H groups in total. The van der Waals surface area contributed by atoms with Gasteiger partial charge in [-0.15, -0.1) is 11.8 Å². The van der Waals surface area contributed by atoms with E-state index in [2.05, 4.69) is 5.32 Å². The van der Waals surface area contributed by atoms with Crippen molar-refractivity contribution in [1.29, 1.82) is 0 Å². The first-order valence-electron chi connectivity index (χ1n) is 7.33. The van der Waals surface area contributed by atoms with Crippen molar-refractivity contribution in [1.82, 2.24) is 10.2 Å². The molecule has 2 heterocycles. The molecule has 1 unspecified atom stereocenters. The molecule has 2 aliphatic rings. The fourth-order valence-electron chi connectivity index (χ4n) is 2.80. The van der Waals surface area contributed by atoms with E-state index in [1.165, 1.54) is 28.8 Å². The van der Waals surface area contributed by atoms with E-state index in [-0.39, 0.29) is 34.6 Å². The van der Waals surface area contributed by atoms with E-state index in [4.69, 9.17) is 0 Å². The number of hydrogen-bond donors (Lipinski definition) is 3. The van der Waals surface area contributed by atoms with Crippen molar-refractivity contribution in [2.24, 2.45) is 0 Å². The number of benzene rings is 1. The lowest BCUT2D eigenvalue weighted by Gasteiger charge is -2.49. The number of amides is 2. The Bertz CT molecular complexity index is 745. The summed E-state index contributed by atoms with van der Waals surface area (Å²) < 4.78 is 0. The molecule has 0 bridgehead atoms. The number of carboxylic acids is 1. The van der Waals surface area contributed by atoms with E-state index in [0.29, 0.717) is 16.9 Å². The Morgan fingerprint density at radius 1 is 1.32 bits per heavy atom. The van der Waals surface area contributed by atoms with Gasteiger partial charge < -0.3 is 21.0 Å². The summed E-state index contributed by atoms with van der Waals surface area (Å²) in [5.74, 6) is -1.21. The summed E-state index contributed by atoms with van der Waals surface area (Å²) in [6.07, 6.45) is 0.0854. The van der Waals surface area contributed by atoms with Crippen LogP contribution in [-0.4, -0.2) is 55.5 Å². The molecule has 3 rings (SSSR count). The molecule has 25 heavy (non-hydrogen) atoms. The van der Waals surface area contributed by atoms with Crippen LogP contribution >= 0.6 is 11.8 Å². The highest BCUT2D eigenvalue weighted by atomic mass is 32.2. The number of hydrogen-bond acceptors (Lipinski definition) is 5. The van der Waals surface area contributed by atoms with E-state index in [9.17, 15) is 24.6 Å². The first kappa shape index (κ1) is 18.8. The second kappa shape index (κ2) is 7.16. The van der Waals surface area contributed by atoms with Crippen LogP contribution in [0.3, 0.4) is 0 Å². The largest absolute Gasteiger partial charge is 0.508 e. The van der Waals surface area contributed by atoms with Crippen LogP contribution in [0.4, 0.5) is 0 Å². The normalized spacial score (nSPS) is 21.8. The number of phenolic OH excluding ortho intramolecular Hbond substituents is 1. The van der Waals surface area contributed by atoms with Gasteiger partial charge in [-0.05, 0) is 30.2 Å². The fraction of sp³-hybridized carbons (Fsp3) is 0.312. The number of nitrogens with one attached hydrogen (secondary N) is 1. The number of β-lactam (4-membered cyclic amide) rings is 1. The summed E-state index contributed by atoms with van der Waals surface area (Å²) >= 11 is 1.44. The Morgan fingerprint density at radius 2 is 1.96 bits per heavy atom. The number of carbonyl (C=O) groups is 3. The monoisotopic (exact) mass is 366 g/mol. The lowest BCUT2D eigenvalue weighted by atomic mass is 10.0. The minimum absolute atomic E-state index is 0. The highest BCUT2D eigenvalue weighted by Gasteiger charge is 2.53. The number of nitrogens with zero attached hydrogens (tertiary/aromatic N) is 1. The van der Waals surface area contributed by atoms with Gasteiger partial charge in [-0.2, -0.15) is 0 Å². The number of carboxylic acid groups (broad SMARTS) is 1. The molecule has 0 saturated carbocycles. The molecule has 2 amide bonds. The first-order chi connectivity index (χ1) is 11.4. The molecule has 9 heteroatoms. The van der Waals surface area contributed by atoms with Crippen LogP contribution in [0.15, 0.2) is 35.5 Å². The molecule has 1 saturated heterocycles. The maximum absolute atomic E-state index is 12.3. The zero-order valence-electron chi connectivity index (χ0n) is 13.4. The molecule has 0 aromatic heterocycles. The van der Waals surface area contributed by atoms with Crippen molar-refractivity contribution in [3.05, 3.63) is 41.1 Å². The molecule has 2 atom stereocenters. The average molecular weight is 366 g/mol. The third kappa shape index (κ3) is 3.47. The first-order valence-corrected chi connectivity index (χ1v) is 8.38. The Balaban J connectivity index is 0.00000225. The Labute approximate surface area is 147 Å². The average Bonchev–Trinajstić information content (AvgIpc) is 2.54. The maximum Gasteiger partial charge on any atom is 0.352 e. The predicted molar refractivity (Wildman–Crippen MR) is 90.8 cm³/mol. The molecule has 2 aliphatic heterocycles. The molecule has 1 aromatic carbocycles. The lowest BCUT2D eigenvalue weighted by Crippen LogP contribution is -2.70. The van der Waals surface area contributed by atoms with E-state index < -0.39 is 17.9 Å². The van der Waals surface area contributed by atoms with E-state index in [1.807, 2.05) is 0 Å². The highest BCUT2D eigenvalue weighted by Crippen LogP contribution is 2.40. The molecule has 0 spiro atoms. The number of aliphatic carboxylic acids is 1. The third-order valence-corrected chi connectivity index (χ3v) is 5.40. The van der Waals surface area contributed by atoms with E-state index in [1.54, 1.807) is 19.1 Å². The van der Waals surface area contributed by atoms with Gasteiger partial charge >= 0.3 is 5.97 Å². The Kier molecular flexibility index (Phi) is 5.39. The van der Waals surface area contributed by atoms with Gasteiger partial charge in [0.2, 0.25) is 5.91 Å². The lowest BCUT2D eigenvalue weighted by molar-refractivity contribution is -0.150. The van der Waals surface area contributed by atoms with Crippen LogP contribution in [0.1, 0.15) is 12.5 Å². The van der Waals surface area contributed by atoms with Crippen LogP contribution in [0.25, 0.3) is 0 Å². The van der Waals surface area contributed by atoms with Crippen LogP contribution in [-0.2, 0) is 20.8 Å². The van der Waals surface area contributed by atoms with Crippen molar-refractivity contribution in [2.45, 2.75) is 24.8 Å². The molecule has 8 nitrogen and oxygen atoms in total. The van der Waals surface area contributed by atoms with Crippen LogP contribution in [0.2, 0.25) is 0 Å². The van der Waals surface area contributed by atoms with Crippen molar-refractivity contribution < 1.29 is 30.1 Å². The summed E-state index contributed by atoms with van der Waals surface area (Å²) in [5, 5.41) is 20.8. The quantitative estimate of drug-likeness (QED) is 0.635. The predicted octanol–water partition coefficient (Wildman–Crippen LogP) is -0.131. The number of fused-ring (bicyclic) bond motifs is 1. The van der Waals surface area contributed by atoms with Crippen molar-refractivity contribution in [3.8, 4) is 5.75 Å². The maximum atomic E-state index is 12.3. The van der Waals surface area contributed by atoms with Gasteiger partial charge in [0.1, 0.15) is 22.9 Å². The van der Waals surface area contributed by atoms with Crippen molar-refractivity contribution in [2.75, 3.05) is 5.75 Å². The molecule has 134 valence electrons. The number of rotatable bonds is 4. The van der Waals surface area contributed by atoms with Gasteiger partial charge in [-0.1, -0.05) is 12.1 Å². The smallest absolute Gasteiger partial charge is 0.352 e. The molecule has 0 radical (unpaired) electrons. The zero-order valence-corrected chi connectivity index (χ0v) is 14.2. The minimum atomic E-state index is -1.12. The Morgan fingerprint density at radius 3 is 2.56 bits per heavy atom. The number of aromatic hydroxyl groups is 1. The van der Waals surface area contributed by atoms with Gasteiger partial charge in [-0.3, -0.25) is 14.5 Å². The number of phenols is 1. The number of carbonyl (C=O) groups excluding carboxylic acids is 2. The highest BCUT2D eigenvalue weighted by molar-refractivity contribution is 8.00. The van der Waals surface area contributed by atoms with Crippen LogP contribution < -0.4 is 5.32 Å². The van der Waals surface area contributed by atoms with Gasteiger partial charge in [0.15, 0.2) is 0 Å². The number of thioether (sulfide) groups is 1. The second-order valence-electron chi connectivity index (χ2n) is 5.73. The molecule has 0 aliphatic carbocycles. The van der Waals surface area contributed by atoms with Crippen LogP contribution in [0, 0.1) is 0 Å². The molecular weight excluding hydrogens is 348 g/mol. The SMILES string of the molecule is CC1=C(C(=O)O)N2C(=O)C(NC(=O)Cc3ccc(O)cc3)[C@@H]2SC1.O. The zero-order chi connectivity index (χ0) is 17.4. The standard InChI is InChI=1S/C16H16N2O5S.H2O/c1-8-7-24-15-12(14(21)18(15)13(8)16(22)23)17-11(20)6-9-2-4-10(19)5-3-9;/h2-5,12,15,19H,6-7H2,1H3,(H,17,20)(H,22,23);1H2/t12?,15-;/m0./s1. The fourth-order valence-corrected chi connectivity index (χ4v) is 4.09. The van der Waals surface area contributed by atoms with Gasteiger partial charge in [-0.25, -0.2) is 4.79 Å². The summed E-state index contributed by atoms with van der Waals surface area (Å²) in [6.45, 7) is 1.69. The van der Waals surface area contributed by atoms with Crippen molar-refractivity contribution in [3.63, 3.8) is 0 Å². The Hall–Kier alpha value is -2.52. The summed E-state index contributed by atoms with van der Waals surface area (Å²) in [4.78, 5) is 37.0. The molecular formula is C16H18N2O6S. The third-order valence-electron chi connectivity index (χ3n) is 3.98. The topological polar surface area (TPSA) is 138 Å².